The third-order valence-electron chi connectivity index (χ3n) is 2.44. The van der Waals surface area contributed by atoms with Gasteiger partial charge in [-0.15, -0.1) is 0 Å². The Hall–Kier alpha value is -1.36. The summed E-state index contributed by atoms with van der Waals surface area (Å²) in [6.07, 6.45) is 3.49. The second-order valence-corrected chi connectivity index (χ2v) is 5.28. The van der Waals surface area contributed by atoms with Gasteiger partial charge in [0.25, 0.3) is 0 Å². The maximum Gasteiger partial charge on any atom is 0.345 e. The lowest BCUT2D eigenvalue weighted by atomic mass is 10.1. The Kier molecular flexibility index (Phi) is 5.34. The summed E-state index contributed by atoms with van der Waals surface area (Å²) in [5.41, 5.74) is -0.697. The highest BCUT2D eigenvalue weighted by atomic mass is 16.6. The average molecular weight is 255 g/mol. The summed E-state index contributed by atoms with van der Waals surface area (Å²) in [5, 5.41) is 3.21. The van der Waals surface area contributed by atoms with Gasteiger partial charge < -0.3 is 14.8 Å². The smallest absolute Gasteiger partial charge is 0.345 e. The van der Waals surface area contributed by atoms with E-state index in [1.54, 1.807) is 20.8 Å². The lowest BCUT2D eigenvalue weighted by molar-refractivity contribution is -0.150. The van der Waals surface area contributed by atoms with Crippen molar-refractivity contribution in [3.05, 3.63) is 11.8 Å². The highest BCUT2D eigenvalue weighted by Gasteiger charge is 2.20. The van der Waals surface area contributed by atoms with Crippen molar-refractivity contribution in [1.82, 2.24) is 5.32 Å². The predicted octanol–water partition coefficient (Wildman–Crippen LogP) is 1.18. The predicted molar refractivity (Wildman–Crippen MR) is 67.0 cm³/mol. The number of aldehydes is 1. The molecule has 0 amide bonds. The quantitative estimate of drug-likeness (QED) is 0.204. The molecule has 1 fully saturated rings. The summed E-state index contributed by atoms with van der Waals surface area (Å²) in [7, 11) is 0. The van der Waals surface area contributed by atoms with Crippen LogP contribution in [0.15, 0.2) is 11.8 Å². The van der Waals surface area contributed by atoms with Gasteiger partial charge >= 0.3 is 5.97 Å². The minimum atomic E-state index is -0.647. The first kappa shape index (κ1) is 14.7. The summed E-state index contributed by atoms with van der Waals surface area (Å²) in [6, 6.07) is 0. The molecule has 0 aromatic carbocycles. The molecule has 18 heavy (non-hydrogen) atoms. The third-order valence-corrected chi connectivity index (χ3v) is 2.44. The molecule has 1 rings (SSSR count). The number of hydrogen-bond donors (Lipinski definition) is 1. The zero-order valence-corrected chi connectivity index (χ0v) is 11.2. The van der Waals surface area contributed by atoms with E-state index < -0.39 is 11.6 Å². The topological polar surface area (TPSA) is 64.6 Å². The average Bonchev–Trinajstić information content (AvgIpc) is 2.29. The zero-order chi connectivity index (χ0) is 13.6. The van der Waals surface area contributed by atoms with Gasteiger partial charge in [-0.05, 0) is 46.7 Å². The molecule has 1 saturated heterocycles. The van der Waals surface area contributed by atoms with Gasteiger partial charge in [0.1, 0.15) is 23.5 Å². The number of rotatable bonds is 4. The minimum Gasteiger partial charge on any atom is -0.497 e. The number of carbonyl (C=O) groups excluding carboxylic acids is 2. The summed E-state index contributed by atoms with van der Waals surface area (Å²) < 4.78 is 10.5. The van der Waals surface area contributed by atoms with E-state index >= 15 is 0 Å². The van der Waals surface area contributed by atoms with Crippen LogP contribution in [0.5, 0.6) is 0 Å². The van der Waals surface area contributed by atoms with Crippen molar-refractivity contribution < 1.29 is 19.1 Å². The van der Waals surface area contributed by atoms with E-state index in [1.807, 2.05) is 0 Å². The van der Waals surface area contributed by atoms with E-state index in [1.165, 1.54) is 6.26 Å². The molecule has 0 atom stereocenters. The zero-order valence-electron chi connectivity index (χ0n) is 11.2. The van der Waals surface area contributed by atoms with Crippen molar-refractivity contribution >= 4 is 12.3 Å². The molecule has 0 radical (unpaired) electrons. The van der Waals surface area contributed by atoms with Crippen LogP contribution in [0.1, 0.15) is 33.6 Å². The van der Waals surface area contributed by atoms with Crippen LogP contribution in [0.2, 0.25) is 0 Å². The van der Waals surface area contributed by atoms with Crippen molar-refractivity contribution in [3.8, 4) is 0 Å². The molecule has 5 nitrogen and oxygen atoms in total. The first-order chi connectivity index (χ1) is 8.42. The number of hydrogen-bond acceptors (Lipinski definition) is 5. The maximum atomic E-state index is 11.6. The van der Waals surface area contributed by atoms with Crippen molar-refractivity contribution in [2.45, 2.75) is 45.3 Å². The number of carbonyl (C=O) groups is 2. The Bertz CT molecular complexity index is 324. The molecule has 0 unspecified atom stereocenters. The number of ether oxygens (including phenoxy) is 2. The fourth-order valence-electron chi connectivity index (χ4n) is 1.56. The Balaban J connectivity index is 2.53. The van der Waals surface area contributed by atoms with Crippen LogP contribution in [0, 0.1) is 0 Å². The van der Waals surface area contributed by atoms with Gasteiger partial charge in [-0.2, -0.15) is 0 Å². The largest absolute Gasteiger partial charge is 0.497 e. The Labute approximate surface area is 108 Å². The summed E-state index contributed by atoms with van der Waals surface area (Å²) in [6.45, 7) is 7.03. The molecule has 0 aromatic rings. The molecular formula is C13H21NO4. The van der Waals surface area contributed by atoms with Gasteiger partial charge in [-0.1, -0.05) is 0 Å². The van der Waals surface area contributed by atoms with Crippen LogP contribution in [0.4, 0.5) is 0 Å². The Morgan fingerprint density at radius 3 is 2.39 bits per heavy atom. The molecule has 1 aliphatic heterocycles. The second kappa shape index (κ2) is 6.54. The van der Waals surface area contributed by atoms with E-state index in [0.29, 0.717) is 6.29 Å². The maximum absolute atomic E-state index is 11.6. The molecule has 0 aliphatic carbocycles. The lowest BCUT2D eigenvalue weighted by Crippen LogP contribution is -2.32. The normalized spacial score (nSPS) is 18.3. The van der Waals surface area contributed by atoms with E-state index in [2.05, 4.69) is 5.32 Å². The van der Waals surface area contributed by atoms with Crippen LogP contribution < -0.4 is 5.32 Å². The van der Waals surface area contributed by atoms with Crippen molar-refractivity contribution in [3.63, 3.8) is 0 Å². The molecule has 0 saturated carbocycles. The monoisotopic (exact) mass is 255 g/mol. The van der Waals surface area contributed by atoms with Gasteiger partial charge in [-0.3, -0.25) is 4.79 Å². The number of nitrogens with one attached hydrogen (secondary N) is 1. The molecule has 0 bridgehead atoms. The summed E-state index contributed by atoms with van der Waals surface area (Å²) >= 11 is 0. The Morgan fingerprint density at radius 1 is 1.28 bits per heavy atom. The highest BCUT2D eigenvalue weighted by molar-refractivity contribution is 6.07. The van der Waals surface area contributed by atoms with Gasteiger partial charge in [-0.25, -0.2) is 4.79 Å². The van der Waals surface area contributed by atoms with Gasteiger partial charge in [0, 0.05) is 0 Å². The Morgan fingerprint density at radius 2 is 1.89 bits per heavy atom. The second-order valence-electron chi connectivity index (χ2n) is 5.28. The first-order valence-electron chi connectivity index (χ1n) is 6.17. The van der Waals surface area contributed by atoms with E-state index in [9.17, 15) is 9.59 Å². The van der Waals surface area contributed by atoms with Crippen LogP contribution in [-0.2, 0) is 19.1 Å². The minimum absolute atomic E-state index is 0.0589. The fraction of sp³-hybridized carbons (Fsp3) is 0.692. The van der Waals surface area contributed by atoms with Crippen LogP contribution in [-0.4, -0.2) is 37.0 Å². The lowest BCUT2D eigenvalue weighted by Gasteiger charge is -2.22. The van der Waals surface area contributed by atoms with Crippen molar-refractivity contribution in [1.29, 1.82) is 0 Å². The third kappa shape index (κ3) is 5.31. The van der Waals surface area contributed by atoms with Crippen LogP contribution in [0.3, 0.4) is 0 Å². The molecule has 1 N–H and O–H groups in total. The molecule has 102 valence electrons. The number of esters is 1. The fourth-order valence-corrected chi connectivity index (χ4v) is 1.56. The molecular weight excluding hydrogens is 234 g/mol. The van der Waals surface area contributed by atoms with Gasteiger partial charge in [0.15, 0.2) is 6.29 Å². The summed E-state index contributed by atoms with van der Waals surface area (Å²) in [5.74, 6) is -0.647. The molecule has 1 aliphatic rings. The van der Waals surface area contributed by atoms with Gasteiger partial charge in [0.2, 0.25) is 0 Å². The summed E-state index contributed by atoms with van der Waals surface area (Å²) in [4.78, 5) is 22.5. The van der Waals surface area contributed by atoms with E-state index in [4.69, 9.17) is 9.47 Å². The number of piperidine rings is 1. The van der Waals surface area contributed by atoms with Crippen molar-refractivity contribution in [2.24, 2.45) is 0 Å². The van der Waals surface area contributed by atoms with Crippen LogP contribution in [0.25, 0.3) is 0 Å². The molecule has 0 aromatic heterocycles. The van der Waals surface area contributed by atoms with Crippen molar-refractivity contribution in [2.75, 3.05) is 13.1 Å². The standard InChI is InChI=1S/C13H21NO4/c1-13(2,3)18-12(16)10(8-15)9-17-11-4-6-14-7-5-11/h8-9,11,14H,4-7H2,1-3H3/b10-9+. The SMILES string of the molecule is CC(C)(C)OC(=O)/C(C=O)=C/OC1CCNCC1. The van der Waals surface area contributed by atoms with Crippen LogP contribution >= 0.6 is 0 Å². The van der Waals surface area contributed by atoms with E-state index in [0.717, 1.165) is 25.9 Å². The first-order valence-corrected chi connectivity index (χ1v) is 6.17. The molecule has 1 heterocycles. The van der Waals surface area contributed by atoms with E-state index in [-0.39, 0.29) is 11.7 Å². The highest BCUT2D eigenvalue weighted by Crippen LogP contribution is 2.12. The van der Waals surface area contributed by atoms with Gasteiger partial charge in [0.05, 0.1) is 0 Å². The molecule has 0 spiro atoms. The molecule has 5 heteroatoms.